The Kier molecular flexibility index (Phi) is 7.54. The van der Waals surface area contributed by atoms with Gasteiger partial charge >= 0.3 is 51.4 Å². The number of hydrogen-bond acceptors (Lipinski definition) is 6. The molecule has 0 amide bonds. The molecule has 0 heterocycles. The Balaban J connectivity index is 0.00000256. The Bertz CT molecular complexity index is 469. The molecule has 17 heavy (non-hydrogen) atoms. The predicted molar refractivity (Wildman–Crippen MR) is 59.8 cm³/mol. The molecule has 0 aliphatic carbocycles. The average molecular weight is 301 g/mol. The maximum atomic E-state index is 11.3. The van der Waals surface area contributed by atoms with Gasteiger partial charge in [-0.15, -0.1) is 0 Å². The van der Waals surface area contributed by atoms with Crippen molar-refractivity contribution in [1.29, 1.82) is 0 Å². The van der Waals surface area contributed by atoms with Crippen molar-refractivity contribution in [2.45, 2.75) is 6.92 Å². The van der Waals surface area contributed by atoms with Crippen LogP contribution in [0.25, 0.3) is 0 Å². The fourth-order valence-corrected chi connectivity index (χ4v) is 1.76. The molecule has 0 saturated heterocycles. The number of hydrogen-bond donors (Lipinski definition) is 0. The molecule has 1 rings (SSSR count). The number of benzene rings is 1. The SMILES string of the molecule is COP([O-])(=S)Oc1ccc([N+](=O)[O-])c(C)c1.[K+]. The monoisotopic (exact) mass is 301 g/mol. The Labute approximate surface area is 146 Å². The van der Waals surface area contributed by atoms with Gasteiger partial charge in [-0.05, 0) is 30.9 Å². The van der Waals surface area contributed by atoms with Crippen molar-refractivity contribution in [1.82, 2.24) is 0 Å². The summed E-state index contributed by atoms with van der Waals surface area (Å²) in [6, 6.07) is 3.97. The molecular weight excluding hydrogens is 292 g/mol. The summed E-state index contributed by atoms with van der Waals surface area (Å²) in [7, 11) is 1.17. The van der Waals surface area contributed by atoms with Gasteiger partial charge in [0.25, 0.3) is 5.69 Å². The van der Waals surface area contributed by atoms with Gasteiger partial charge in [-0.25, -0.2) is 0 Å². The van der Waals surface area contributed by atoms with Crippen LogP contribution in [0.2, 0.25) is 0 Å². The first-order valence-corrected chi connectivity index (χ1v) is 6.73. The van der Waals surface area contributed by atoms with Crippen molar-refractivity contribution in [2.24, 2.45) is 0 Å². The van der Waals surface area contributed by atoms with E-state index < -0.39 is 11.6 Å². The maximum Gasteiger partial charge on any atom is 1.00 e. The fraction of sp³-hybridized carbons (Fsp3) is 0.250. The topological polar surface area (TPSA) is 84.7 Å². The van der Waals surface area contributed by atoms with Crippen LogP contribution in [0.3, 0.4) is 0 Å². The van der Waals surface area contributed by atoms with Crippen LogP contribution >= 0.6 is 6.72 Å². The number of nitro benzene ring substituents is 1. The van der Waals surface area contributed by atoms with Crippen molar-refractivity contribution in [2.75, 3.05) is 7.11 Å². The number of aryl methyl sites for hydroxylation is 1. The van der Waals surface area contributed by atoms with Crippen LogP contribution in [-0.2, 0) is 16.3 Å². The van der Waals surface area contributed by atoms with Crippen molar-refractivity contribution in [3.8, 4) is 5.75 Å². The van der Waals surface area contributed by atoms with E-state index in [0.717, 1.165) is 0 Å². The van der Waals surface area contributed by atoms with Crippen LogP contribution in [-0.4, -0.2) is 12.0 Å². The predicted octanol–water partition coefficient (Wildman–Crippen LogP) is -1.48. The largest absolute Gasteiger partial charge is 1.00 e. The van der Waals surface area contributed by atoms with E-state index in [4.69, 9.17) is 4.52 Å². The third-order valence-corrected chi connectivity index (χ3v) is 3.36. The Morgan fingerprint density at radius 3 is 2.47 bits per heavy atom. The van der Waals surface area contributed by atoms with Gasteiger partial charge in [-0.1, -0.05) is 0 Å². The first-order chi connectivity index (χ1) is 7.35. The van der Waals surface area contributed by atoms with Crippen LogP contribution < -0.4 is 60.8 Å². The Hall–Kier alpha value is 0.626. The zero-order chi connectivity index (χ0) is 12.3. The van der Waals surface area contributed by atoms with E-state index >= 15 is 0 Å². The molecule has 88 valence electrons. The smallest absolute Gasteiger partial charge is 0.770 e. The molecule has 1 aromatic rings. The molecule has 0 N–H and O–H groups in total. The van der Waals surface area contributed by atoms with Crippen molar-refractivity contribution in [3.05, 3.63) is 33.9 Å². The molecule has 1 aromatic carbocycles. The van der Waals surface area contributed by atoms with E-state index in [0.29, 0.717) is 5.56 Å². The molecule has 0 fully saturated rings. The van der Waals surface area contributed by atoms with Crippen LogP contribution in [0, 0.1) is 17.0 Å². The molecule has 0 bridgehead atoms. The van der Waals surface area contributed by atoms with Gasteiger partial charge in [0.2, 0.25) is 0 Å². The second kappa shape index (κ2) is 7.27. The minimum atomic E-state index is -3.54. The first kappa shape index (κ1) is 17.6. The average Bonchev–Trinajstić information content (AvgIpc) is 2.16. The standard InChI is InChI=1S/C8H10NO5PS.K/c1-6-5-7(14-15(12,16)13-2)3-4-8(6)9(10)11;/h3-5H,1-2H3,(H,12,16);/q;+1/p-1. The summed E-state index contributed by atoms with van der Waals surface area (Å²) in [5, 5.41) is 10.5. The van der Waals surface area contributed by atoms with Crippen molar-refractivity contribution in [3.63, 3.8) is 0 Å². The second-order valence-electron chi connectivity index (χ2n) is 2.93. The molecule has 9 heteroatoms. The van der Waals surface area contributed by atoms with Crippen molar-refractivity contribution >= 4 is 24.2 Å². The van der Waals surface area contributed by atoms with Gasteiger partial charge in [-0.3, -0.25) is 10.1 Å². The summed E-state index contributed by atoms with van der Waals surface area (Å²) in [5.41, 5.74) is 0.359. The van der Waals surface area contributed by atoms with Gasteiger partial charge in [0.05, 0.1) is 4.92 Å². The molecule has 0 spiro atoms. The van der Waals surface area contributed by atoms with Crippen LogP contribution in [0.4, 0.5) is 5.69 Å². The molecule has 0 aliphatic rings. The van der Waals surface area contributed by atoms with Gasteiger partial charge < -0.3 is 13.9 Å². The molecule has 1 atom stereocenters. The third-order valence-electron chi connectivity index (χ3n) is 1.81. The minimum Gasteiger partial charge on any atom is -0.770 e. The van der Waals surface area contributed by atoms with Gasteiger partial charge in [0, 0.05) is 18.7 Å². The van der Waals surface area contributed by atoms with Crippen molar-refractivity contribution < 1.29 is 70.2 Å². The quantitative estimate of drug-likeness (QED) is 0.292. The minimum absolute atomic E-state index is 0. The first-order valence-electron chi connectivity index (χ1n) is 4.17. The molecule has 0 saturated carbocycles. The molecule has 0 aliphatic heterocycles. The van der Waals surface area contributed by atoms with Crippen LogP contribution in [0.5, 0.6) is 5.75 Å². The molecule has 6 nitrogen and oxygen atoms in total. The van der Waals surface area contributed by atoms with E-state index in [9.17, 15) is 15.0 Å². The fourth-order valence-electron chi connectivity index (χ4n) is 1.06. The number of rotatable bonds is 4. The van der Waals surface area contributed by atoms with E-state index in [2.05, 4.69) is 16.3 Å². The molecule has 0 aromatic heterocycles. The summed E-state index contributed by atoms with van der Waals surface area (Å²) in [6.45, 7) is -1.99. The number of nitrogens with zero attached hydrogens (tertiary/aromatic N) is 1. The summed E-state index contributed by atoms with van der Waals surface area (Å²) in [4.78, 5) is 21.3. The van der Waals surface area contributed by atoms with Gasteiger partial charge in [-0.2, -0.15) is 0 Å². The zero-order valence-electron chi connectivity index (χ0n) is 9.58. The zero-order valence-corrected chi connectivity index (χ0v) is 14.4. The van der Waals surface area contributed by atoms with E-state index in [1.807, 2.05) is 0 Å². The van der Waals surface area contributed by atoms with Gasteiger partial charge in [0.1, 0.15) is 5.75 Å². The summed E-state index contributed by atoms with van der Waals surface area (Å²) >= 11 is 4.53. The third kappa shape index (κ3) is 5.42. The van der Waals surface area contributed by atoms with E-state index in [1.54, 1.807) is 6.92 Å². The van der Waals surface area contributed by atoms with E-state index in [-0.39, 0.29) is 62.8 Å². The second-order valence-corrected chi connectivity index (χ2v) is 5.71. The van der Waals surface area contributed by atoms with Crippen LogP contribution in [0.15, 0.2) is 18.2 Å². The van der Waals surface area contributed by atoms with Gasteiger partial charge in [0.15, 0.2) is 6.72 Å². The summed E-state index contributed by atoms with van der Waals surface area (Å²) < 4.78 is 9.37. The summed E-state index contributed by atoms with van der Waals surface area (Å²) in [6.07, 6.45) is 0. The molecule has 0 radical (unpaired) electrons. The summed E-state index contributed by atoms with van der Waals surface area (Å²) in [5.74, 6) is 0.184. The normalized spacial score (nSPS) is 13.4. The van der Waals surface area contributed by atoms with E-state index in [1.165, 1.54) is 25.3 Å². The Morgan fingerprint density at radius 1 is 1.47 bits per heavy atom. The number of nitro groups is 1. The maximum absolute atomic E-state index is 11.3. The van der Waals surface area contributed by atoms with Crippen LogP contribution in [0.1, 0.15) is 5.56 Å². The Morgan fingerprint density at radius 2 is 2.06 bits per heavy atom. The molecular formula is C8H9KNO5PS. The molecule has 1 unspecified atom stereocenters.